The Morgan fingerprint density at radius 2 is 1.74 bits per heavy atom. The fourth-order valence-electron chi connectivity index (χ4n) is 1.52. The van der Waals surface area contributed by atoms with Gasteiger partial charge in [-0.25, -0.2) is 8.42 Å². The fraction of sp³-hybridized carbons (Fsp3) is 0.455. The summed E-state index contributed by atoms with van der Waals surface area (Å²) in [6.45, 7) is -0.0678. The van der Waals surface area contributed by atoms with Crippen LogP contribution in [0.4, 0.5) is 18.9 Å². The number of hydrogen-bond acceptors (Lipinski definition) is 3. The van der Waals surface area contributed by atoms with E-state index in [9.17, 15) is 21.6 Å². The van der Waals surface area contributed by atoms with Crippen LogP contribution in [0.25, 0.3) is 0 Å². The van der Waals surface area contributed by atoms with Crippen molar-refractivity contribution in [3.8, 4) is 0 Å². The summed E-state index contributed by atoms with van der Waals surface area (Å²) in [4.78, 5) is -0.195. The van der Waals surface area contributed by atoms with Crippen molar-refractivity contribution in [2.45, 2.75) is 24.4 Å². The van der Waals surface area contributed by atoms with Gasteiger partial charge < -0.3 is 5.73 Å². The lowest BCUT2D eigenvalue weighted by molar-refractivity contribution is -0.136. The van der Waals surface area contributed by atoms with Crippen LogP contribution in [0.1, 0.15) is 13.3 Å². The molecule has 8 heteroatoms. The summed E-state index contributed by atoms with van der Waals surface area (Å²) in [5, 5.41) is 0. The molecule has 0 aromatic heterocycles. The van der Waals surface area contributed by atoms with Crippen molar-refractivity contribution in [1.29, 1.82) is 0 Å². The van der Waals surface area contributed by atoms with Gasteiger partial charge in [0.25, 0.3) is 0 Å². The van der Waals surface area contributed by atoms with Crippen molar-refractivity contribution >= 4 is 15.7 Å². The monoisotopic (exact) mass is 296 g/mol. The highest BCUT2D eigenvalue weighted by atomic mass is 32.2. The van der Waals surface area contributed by atoms with Crippen LogP contribution in [-0.4, -0.2) is 32.0 Å². The molecule has 0 fully saturated rings. The van der Waals surface area contributed by atoms with Crippen LogP contribution in [0, 0.1) is 0 Å². The minimum absolute atomic E-state index is 0.188. The Labute approximate surface area is 110 Å². The van der Waals surface area contributed by atoms with Gasteiger partial charge in [-0.2, -0.15) is 17.5 Å². The number of alkyl halides is 3. The Morgan fingerprint density at radius 3 is 2.16 bits per heavy atom. The first-order valence-electron chi connectivity index (χ1n) is 5.59. The minimum atomic E-state index is -4.57. The standard InChI is InChI=1S/C11H15F3N2O2S/c1-2-7-16(8-11(12,13)14)19(17,18)10-5-3-9(15)4-6-10/h3-6H,2,7-8,15H2,1H3. The van der Waals surface area contributed by atoms with Gasteiger partial charge in [0.1, 0.15) is 6.54 Å². The summed E-state index contributed by atoms with van der Waals surface area (Å²) in [6, 6.07) is 5.07. The van der Waals surface area contributed by atoms with E-state index in [2.05, 4.69) is 0 Å². The quantitative estimate of drug-likeness (QED) is 0.848. The topological polar surface area (TPSA) is 63.4 Å². The number of nitrogens with two attached hydrogens (primary N) is 1. The first-order chi connectivity index (χ1) is 8.66. The predicted molar refractivity (Wildman–Crippen MR) is 66.0 cm³/mol. The molecule has 108 valence electrons. The average Bonchev–Trinajstić information content (AvgIpc) is 2.27. The van der Waals surface area contributed by atoms with Crippen LogP contribution in [-0.2, 0) is 10.0 Å². The third-order valence-electron chi connectivity index (χ3n) is 2.35. The van der Waals surface area contributed by atoms with Gasteiger partial charge in [0.2, 0.25) is 10.0 Å². The largest absolute Gasteiger partial charge is 0.402 e. The van der Waals surface area contributed by atoms with E-state index in [1.807, 2.05) is 0 Å². The first-order valence-corrected chi connectivity index (χ1v) is 7.03. The second-order valence-corrected chi connectivity index (χ2v) is 5.96. The van der Waals surface area contributed by atoms with Crippen LogP contribution >= 0.6 is 0 Å². The molecular formula is C11H15F3N2O2S. The van der Waals surface area contributed by atoms with E-state index < -0.39 is 22.7 Å². The highest BCUT2D eigenvalue weighted by molar-refractivity contribution is 7.89. The van der Waals surface area contributed by atoms with Gasteiger partial charge in [-0.15, -0.1) is 0 Å². The molecule has 2 N–H and O–H groups in total. The lowest BCUT2D eigenvalue weighted by Gasteiger charge is -2.22. The second-order valence-electron chi connectivity index (χ2n) is 4.02. The summed E-state index contributed by atoms with van der Waals surface area (Å²) in [7, 11) is -4.16. The molecule has 0 saturated heterocycles. The molecule has 0 bridgehead atoms. The number of sulfonamides is 1. The Balaban J connectivity index is 3.09. The van der Waals surface area contributed by atoms with Crippen molar-refractivity contribution in [3.05, 3.63) is 24.3 Å². The number of nitrogens with zero attached hydrogens (tertiary/aromatic N) is 1. The van der Waals surface area contributed by atoms with Crippen molar-refractivity contribution in [2.75, 3.05) is 18.8 Å². The van der Waals surface area contributed by atoms with Crippen LogP contribution in [0.15, 0.2) is 29.2 Å². The number of hydrogen-bond donors (Lipinski definition) is 1. The van der Waals surface area contributed by atoms with Gasteiger partial charge in [-0.05, 0) is 30.7 Å². The predicted octanol–water partition coefficient (Wildman–Crippen LogP) is 2.23. The molecule has 0 heterocycles. The molecule has 0 spiro atoms. The number of halogens is 3. The number of rotatable bonds is 5. The van der Waals surface area contributed by atoms with Crippen LogP contribution in [0.5, 0.6) is 0 Å². The van der Waals surface area contributed by atoms with E-state index in [-0.39, 0.29) is 11.4 Å². The molecule has 0 aliphatic carbocycles. The van der Waals surface area contributed by atoms with Gasteiger partial charge in [0.15, 0.2) is 0 Å². The molecule has 0 radical (unpaired) electrons. The molecule has 0 aliphatic heterocycles. The third-order valence-corrected chi connectivity index (χ3v) is 4.21. The highest BCUT2D eigenvalue weighted by Crippen LogP contribution is 2.23. The zero-order chi connectivity index (χ0) is 14.7. The molecular weight excluding hydrogens is 281 g/mol. The van der Waals surface area contributed by atoms with E-state index >= 15 is 0 Å². The molecule has 1 aromatic rings. The Kier molecular flexibility index (Phi) is 4.81. The summed E-state index contributed by atoms with van der Waals surface area (Å²) in [6.07, 6.45) is -4.28. The van der Waals surface area contributed by atoms with Crippen LogP contribution in [0.3, 0.4) is 0 Å². The molecule has 0 amide bonds. The smallest absolute Gasteiger partial charge is 0.399 e. The van der Waals surface area contributed by atoms with E-state index in [0.29, 0.717) is 16.4 Å². The Morgan fingerprint density at radius 1 is 1.21 bits per heavy atom. The van der Waals surface area contributed by atoms with Crippen LogP contribution in [0.2, 0.25) is 0 Å². The maximum absolute atomic E-state index is 12.4. The molecule has 19 heavy (non-hydrogen) atoms. The van der Waals surface area contributed by atoms with E-state index in [1.165, 1.54) is 24.3 Å². The summed E-state index contributed by atoms with van der Waals surface area (Å²) >= 11 is 0. The maximum Gasteiger partial charge on any atom is 0.402 e. The van der Waals surface area contributed by atoms with Crippen molar-refractivity contribution in [2.24, 2.45) is 0 Å². The molecule has 0 unspecified atom stereocenters. The summed E-state index contributed by atoms with van der Waals surface area (Å²) < 4.78 is 61.9. The highest BCUT2D eigenvalue weighted by Gasteiger charge is 2.36. The van der Waals surface area contributed by atoms with E-state index in [1.54, 1.807) is 6.92 Å². The zero-order valence-corrected chi connectivity index (χ0v) is 11.1. The molecule has 0 aliphatic rings. The van der Waals surface area contributed by atoms with Gasteiger partial charge >= 0.3 is 6.18 Å². The van der Waals surface area contributed by atoms with Crippen LogP contribution < -0.4 is 5.73 Å². The zero-order valence-electron chi connectivity index (χ0n) is 10.3. The lowest BCUT2D eigenvalue weighted by Crippen LogP contribution is -2.39. The second kappa shape index (κ2) is 5.79. The first kappa shape index (κ1) is 15.8. The van der Waals surface area contributed by atoms with Gasteiger partial charge in [0.05, 0.1) is 4.90 Å². The van der Waals surface area contributed by atoms with Crippen molar-refractivity contribution in [1.82, 2.24) is 4.31 Å². The summed E-state index contributed by atoms with van der Waals surface area (Å²) in [5.74, 6) is 0. The van der Waals surface area contributed by atoms with Gasteiger partial charge in [-0.3, -0.25) is 0 Å². The third kappa shape index (κ3) is 4.39. The molecule has 1 rings (SSSR count). The maximum atomic E-state index is 12.4. The number of benzene rings is 1. The normalized spacial score (nSPS) is 12.9. The van der Waals surface area contributed by atoms with Crippen molar-refractivity contribution in [3.63, 3.8) is 0 Å². The molecule has 1 aromatic carbocycles. The average molecular weight is 296 g/mol. The molecule has 0 saturated carbocycles. The minimum Gasteiger partial charge on any atom is -0.399 e. The van der Waals surface area contributed by atoms with Gasteiger partial charge in [0, 0.05) is 12.2 Å². The van der Waals surface area contributed by atoms with Crippen molar-refractivity contribution < 1.29 is 21.6 Å². The molecule has 4 nitrogen and oxygen atoms in total. The number of anilines is 1. The number of nitrogen functional groups attached to an aromatic ring is 1. The molecule has 0 atom stereocenters. The SMILES string of the molecule is CCCN(CC(F)(F)F)S(=O)(=O)c1ccc(N)cc1. The summed E-state index contributed by atoms with van der Waals surface area (Å²) in [5.41, 5.74) is 5.76. The fourth-order valence-corrected chi connectivity index (χ4v) is 3.04. The Bertz CT molecular complexity index is 512. The van der Waals surface area contributed by atoms with E-state index in [4.69, 9.17) is 5.73 Å². The van der Waals surface area contributed by atoms with Gasteiger partial charge in [-0.1, -0.05) is 6.92 Å². The lowest BCUT2D eigenvalue weighted by atomic mass is 10.3. The van der Waals surface area contributed by atoms with E-state index in [0.717, 1.165) is 0 Å². The Hall–Kier alpha value is -1.28.